The largest absolute Gasteiger partial charge is 0.302 e. The lowest BCUT2D eigenvalue weighted by Crippen LogP contribution is -2.36. The Morgan fingerprint density at radius 3 is 2.50 bits per heavy atom. The van der Waals surface area contributed by atoms with Crippen molar-refractivity contribution in [2.75, 3.05) is 39.3 Å². The van der Waals surface area contributed by atoms with Gasteiger partial charge in [0.05, 0.1) is 6.07 Å². The molecule has 0 aromatic carbocycles. The topological polar surface area (TPSA) is 30.3 Å². The van der Waals surface area contributed by atoms with Crippen LogP contribution in [0.4, 0.5) is 0 Å². The van der Waals surface area contributed by atoms with E-state index in [2.05, 4.69) is 29.7 Å². The molecule has 1 fully saturated rings. The third-order valence-electron chi connectivity index (χ3n) is 3.09. The summed E-state index contributed by atoms with van der Waals surface area (Å²) in [5.41, 5.74) is 0. The van der Waals surface area contributed by atoms with Crippen LogP contribution in [0.25, 0.3) is 0 Å². The molecule has 0 aromatic rings. The first-order valence-corrected chi connectivity index (χ1v) is 6.54. The van der Waals surface area contributed by atoms with Gasteiger partial charge in [-0.15, -0.1) is 0 Å². The van der Waals surface area contributed by atoms with E-state index in [1.165, 1.54) is 32.5 Å². The summed E-state index contributed by atoms with van der Waals surface area (Å²) >= 11 is 0. The van der Waals surface area contributed by atoms with Gasteiger partial charge in [-0.05, 0) is 31.8 Å². The first-order valence-electron chi connectivity index (χ1n) is 6.54. The Labute approximate surface area is 100 Å². The maximum Gasteiger partial charge on any atom is 0.0635 e. The summed E-state index contributed by atoms with van der Waals surface area (Å²) in [7, 11) is 0. The van der Waals surface area contributed by atoms with Crippen molar-refractivity contribution in [2.45, 2.75) is 33.1 Å². The number of hydrogen-bond acceptors (Lipinski definition) is 3. The molecule has 1 aliphatic rings. The number of nitriles is 1. The molecular formula is C13H25N3. The Bertz CT molecular complexity index is 214. The molecule has 92 valence electrons. The van der Waals surface area contributed by atoms with Crippen LogP contribution in [0.1, 0.15) is 33.1 Å². The first kappa shape index (κ1) is 13.5. The van der Waals surface area contributed by atoms with E-state index in [-0.39, 0.29) is 0 Å². The van der Waals surface area contributed by atoms with Crippen LogP contribution >= 0.6 is 0 Å². The molecule has 0 bridgehead atoms. The molecule has 0 N–H and O–H groups in total. The summed E-state index contributed by atoms with van der Waals surface area (Å²) in [4.78, 5) is 4.98. The molecule has 1 rings (SSSR count). The number of likely N-dealkylation sites (tertiary alicyclic amines) is 1. The van der Waals surface area contributed by atoms with Crippen molar-refractivity contribution >= 4 is 0 Å². The second-order valence-electron chi connectivity index (χ2n) is 5.15. The quantitative estimate of drug-likeness (QED) is 0.661. The molecular weight excluding hydrogens is 198 g/mol. The van der Waals surface area contributed by atoms with Crippen LogP contribution in [0, 0.1) is 17.2 Å². The maximum atomic E-state index is 8.64. The molecule has 3 heteroatoms. The Morgan fingerprint density at radius 2 is 1.94 bits per heavy atom. The van der Waals surface area contributed by atoms with Gasteiger partial charge in [-0.1, -0.05) is 13.8 Å². The number of nitrogens with zero attached hydrogens (tertiary/aromatic N) is 3. The highest BCUT2D eigenvalue weighted by Gasteiger charge is 2.13. The van der Waals surface area contributed by atoms with Crippen molar-refractivity contribution < 1.29 is 0 Å². The molecule has 0 spiro atoms. The van der Waals surface area contributed by atoms with Gasteiger partial charge >= 0.3 is 0 Å². The maximum absolute atomic E-state index is 8.64. The van der Waals surface area contributed by atoms with Gasteiger partial charge in [0, 0.05) is 32.6 Å². The van der Waals surface area contributed by atoms with Crippen molar-refractivity contribution in [3.05, 3.63) is 0 Å². The zero-order chi connectivity index (χ0) is 11.8. The van der Waals surface area contributed by atoms with Crippen molar-refractivity contribution in [2.24, 2.45) is 5.92 Å². The average Bonchev–Trinajstić information content (AvgIpc) is 2.74. The van der Waals surface area contributed by atoms with Crippen molar-refractivity contribution in [1.82, 2.24) is 9.80 Å². The SMILES string of the molecule is CC(C)CN(CCC#N)CCN1CCCC1. The molecule has 0 unspecified atom stereocenters. The van der Waals surface area contributed by atoms with Gasteiger partial charge in [0.25, 0.3) is 0 Å². The van der Waals surface area contributed by atoms with Gasteiger partial charge in [-0.2, -0.15) is 5.26 Å². The van der Waals surface area contributed by atoms with Gasteiger partial charge in [0.2, 0.25) is 0 Å². The summed E-state index contributed by atoms with van der Waals surface area (Å²) in [5, 5.41) is 8.64. The summed E-state index contributed by atoms with van der Waals surface area (Å²) in [6.45, 7) is 11.4. The number of rotatable bonds is 7. The van der Waals surface area contributed by atoms with Gasteiger partial charge < -0.3 is 9.80 Å². The van der Waals surface area contributed by atoms with Gasteiger partial charge in [-0.25, -0.2) is 0 Å². The normalized spacial score (nSPS) is 17.2. The lowest BCUT2D eigenvalue weighted by molar-refractivity contribution is 0.210. The van der Waals surface area contributed by atoms with Crippen molar-refractivity contribution in [3.63, 3.8) is 0 Å². The molecule has 1 heterocycles. The Morgan fingerprint density at radius 1 is 1.25 bits per heavy atom. The van der Waals surface area contributed by atoms with E-state index in [1.54, 1.807) is 0 Å². The Hall–Kier alpha value is -0.590. The predicted octanol–water partition coefficient (Wildman–Crippen LogP) is 1.95. The minimum Gasteiger partial charge on any atom is -0.302 e. The minimum absolute atomic E-state index is 0.659. The van der Waals surface area contributed by atoms with E-state index < -0.39 is 0 Å². The van der Waals surface area contributed by atoms with Crippen molar-refractivity contribution in [3.8, 4) is 6.07 Å². The van der Waals surface area contributed by atoms with E-state index in [1.807, 2.05) is 0 Å². The highest BCUT2D eigenvalue weighted by atomic mass is 15.2. The van der Waals surface area contributed by atoms with E-state index in [4.69, 9.17) is 5.26 Å². The Balaban J connectivity index is 2.22. The van der Waals surface area contributed by atoms with E-state index in [0.717, 1.165) is 19.6 Å². The zero-order valence-electron chi connectivity index (χ0n) is 10.8. The molecule has 1 saturated heterocycles. The summed E-state index contributed by atoms with van der Waals surface area (Å²) in [5.74, 6) is 0.692. The zero-order valence-corrected chi connectivity index (χ0v) is 10.8. The standard InChI is InChI=1S/C13H25N3/c1-13(2)12-16(9-5-6-14)11-10-15-7-3-4-8-15/h13H,3-5,7-12H2,1-2H3. The summed E-state index contributed by atoms with van der Waals surface area (Å²) in [6, 6.07) is 2.24. The lowest BCUT2D eigenvalue weighted by atomic mass is 10.2. The molecule has 0 radical (unpaired) electrons. The second kappa shape index (κ2) is 7.65. The van der Waals surface area contributed by atoms with Crippen LogP contribution in [-0.2, 0) is 0 Å². The molecule has 0 amide bonds. The van der Waals surface area contributed by atoms with E-state index in [0.29, 0.717) is 12.3 Å². The molecule has 0 saturated carbocycles. The summed E-state index contributed by atoms with van der Waals surface area (Å²) in [6.07, 6.45) is 3.39. The number of hydrogen-bond donors (Lipinski definition) is 0. The van der Waals surface area contributed by atoms with E-state index >= 15 is 0 Å². The third kappa shape index (κ3) is 5.48. The fourth-order valence-corrected chi connectivity index (χ4v) is 2.31. The molecule has 1 aliphatic heterocycles. The average molecular weight is 223 g/mol. The highest BCUT2D eigenvalue weighted by Crippen LogP contribution is 2.07. The monoisotopic (exact) mass is 223 g/mol. The van der Waals surface area contributed by atoms with Crippen LogP contribution in [0.5, 0.6) is 0 Å². The van der Waals surface area contributed by atoms with Crippen LogP contribution in [0.3, 0.4) is 0 Å². The smallest absolute Gasteiger partial charge is 0.0635 e. The molecule has 16 heavy (non-hydrogen) atoms. The second-order valence-corrected chi connectivity index (χ2v) is 5.15. The van der Waals surface area contributed by atoms with Gasteiger partial charge in [0.1, 0.15) is 0 Å². The Kier molecular flexibility index (Phi) is 6.44. The summed E-state index contributed by atoms with van der Waals surface area (Å²) < 4.78 is 0. The third-order valence-corrected chi connectivity index (χ3v) is 3.09. The van der Waals surface area contributed by atoms with Crippen LogP contribution < -0.4 is 0 Å². The fourth-order valence-electron chi connectivity index (χ4n) is 2.31. The molecule has 0 aliphatic carbocycles. The molecule has 0 atom stereocenters. The predicted molar refractivity (Wildman–Crippen MR) is 67.2 cm³/mol. The van der Waals surface area contributed by atoms with Crippen LogP contribution in [-0.4, -0.2) is 49.1 Å². The molecule has 0 aromatic heterocycles. The highest BCUT2D eigenvalue weighted by molar-refractivity contribution is 4.74. The van der Waals surface area contributed by atoms with Crippen molar-refractivity contribution in [1.29, 1.82) is 5.26 Å². The van der Waals surface area contributed by atoms with Gasteiger partial charge in [0.15, 0.2) is 0 Å². The molecule has 3 nitrogen and oxygen atoms in total. The minimum atomic E-state index is 0.659. The first-order chi connectivity index (χ1) is 7.72. The van der Waals surface area contributed by atoms with Gasteiger partial charge in [-0.3, -0.25) is 0 Å². The lowest BCUT2D eigenvalue weighted by Gasteiger charge is -2.25. The van der Waals surface area contributed by atoms with E-state index in [9.17, 15) is 0 Å². The van der Waals surface area contributed by atoms with Crippen LogP contribution in [0.2, 0.25) is 0 Å². The van der Waals surface area contributed by atoms with Crippen LogP contribution in [0.15, 0.2) is 0 Å². The fraction of sp³-hybridized carbons (Fsp3) is 0.923.